The fraction of sp³-hybridized carbons (Fsp3) is 0.812. The summed E-state index contributed by atoms with van der Waals surface area (Å²) in [6, 6.07) is 0. The third-order valence-electron chi connectivity index (χ3n) is 14.5. The number of nitrogens with zero attached hydrogens (tertiary/aromatic N) is 1. The highest BCUT2D eigenvalue weighted by Crippen LogP contribution is 2.18. The van der Waals surface area contributed by atoms with E-state index in [1.54, 1.807) is 0 Å². The molecule has 0 saturated carbocycles. The quantitative estimate of drug-likeness (QED) is 0.0195. The number of rotatable bonds is 61. The summed E-state index contributed by atoms with van der Waals surface area (Å²) in [7, 11) is 5.93. The van der Waals surface area contributed by atoms with Crippen molar-refractivity contribution < 1.29 is 42.9 Å². The van der Waals surface area contributed by atoms with Crippen molar-refractivity contribution in [2.24, 2.45) is 0 Å². The normalized spacial score (nSPS) is 13.1. The molecule has 0 spiro atoms. The molecule has 0 fully saturated rings. The molecule has 9 heteroatoms. The molecule has 0 radical (unpaired) electrons. The number of hydrogen-bond donors (Lipinski definition) is 0. The number of carboxylic acids is 1. The van der Waals surface area contributed by atoms with E-state index in [4.69, 9.17) is 18.9 Å². The largest absolute Gasteiger partial charge is 0.545 e. The SMILES string of the molecule is CC/C=C\C/C=C\C/C=C\C/C=C\CCCCCCCCCCCCCCCCCCCCCCCCCCC(=O)OC(COC(=O)CCCCCCC/C=C\CCCCCCCCC)COC(OCC[N+](C)(C)C)C(=O)[O-]. The molecule has 2 unspecified atom stereocenters. The second kappa shape index (κ2) is 60.1. The third-order valence-corrected chi connectivity index (χ3v) is 14.5. The van der Waals surface area contributed by atoms with Crippen LogP contribution in [0.5, 0.6) is 0 Å². The molecule has 2 atom stereocenters. The number of carboxylic acid groups (broad SMARTS) is 1. The van der Waals surface area contributed by atoms with Crippen molar-refractivity contribution in [1.82, 2.24) is 0 Å². The van der Waals surface area contributed by atoms with Gasteiger partial charge in [0.25, 0.3) is 0 Å². The zero-order valence-electron chi connectivity index (χ0n) is 51.8. The number of quaternary nitrogens is 1. The van der Waals surface area contributed by atoms with Crippen molar-refractivity contribution in [2.45, 2.75) is 315 Å². The van der Waals surface area contributed by atoms with E-state index < -0.39 is 24.3 Å². The fourth-order valence-corrected chi connectivity index (χ4v) is 9.47. The van der Waals surface area contributed by atoms with E-state index in [1.807, 2.05) is 21.1 Å². The summed E-state index contributed by atoms with van der Waals surface area (Å²) < 4.78 is 22.7. The van der Waals surface area contributed by atoms with Gasteiger partial charge < -0.3 is 33.3 Å². The molecule has 454 valence electrons. The van der Waals surface area contributed by atoms with Gasteiger partial charge in [0.2, 0.25) is 0 Å². The van der Waals surface area contributed by atoms with E-state index in [1.165, 1.54) is 193 Å². The monoisotopic (exact) mass is 1100 g/mol. The summed E-state index contributed by atoms with van der Waals surface area (Å²) in [6.45, 7) is 4.66. The lowest BCUT2D eigenvalue weighted by Gasteiger charge is -2.26. The predicted molar refractivity (Wildman–Crippen MR) is 329 cm³/mol. The summed E-state index contributed by atoms with van der Waals surface area (Å²) in [6.07, 6.45) is 74.5. The second-order valence-corrected chi connectivity index (χ2v) is 23.4. The Morgan fingerprint density at radius 3 is 1.10 bits per heavy atom. The van der Waals surface area contributed by atoms with Crippen LogP contribution >= 0.6 is 0 Å². The number of allylic oxidation sites excluding steroid dienone is 10. The lowest BCUT2D eigenvalue weighted by atomic mass is 10.0. The fourth-order valence-electron chi connectivity index (χ4n) is 9.47. The zero-order valence-corrected chi connectivity index (χ0v) is 51.8. The molecule has 0 N–H and O–H groups in total. The van der Waals surface area contributed by atoms with E-state index in [9.17, 15) is 19.5 Å². The minimum Gasteiger partial charge on any atom is -0.545 e. The molecule has 0 heterocycles. The van der Waals surface area contributed by atoms with Crippen LogP contribution in [0, 0.1) is 0 Å². The summed E-state index contributed by atoms with van der Waals surface area (Å²) in [5, 5.41) is 11.8. The van der Waals surface area contributed by atoms with E-state index >= 15 is 0 Å². The van der Waals surface area contributed by atoms with Gasteiger partial charge in [0.05, 0.1) is 40.3 Å². The van der Waals surface area contributed by atoms with Crippen LogP contribution in [0.2, 0.25) is 0 Å². The Bertz CT molecular complexity index is 1460. The molecule has 0 saturated heterocycles. The van der Waals surface area contributed by atoms with Crippen molar-refractivity contribution in [3.05, 3.63) is 60.8 Å². The van der Waals surface area contributed by atoms with Gasteiger partial charge in [0.1, 0.15) is 13.2 Å². The van der Waals surface area contributed by atoms with Crippen molar-refractivity contribution in [3.8, 4) is 0 Å². The third kappa shape index (κ3) is 60.6. The van der Waals surface area contributed by atoms with Crippen LogP contribution in [0.4, 0.5) is 0 Å². The van der Waals surface area contributed by atoms with Crippen LogP contribution in [0.1, 0.15) is 303 Å². The van der Waals surface area contributed by atoms with Gasteiger partial charge in [-0.1, -0.05) is 274 Å². The lowest BCUT2D eigenvalue weighted by Crippen LogP contribution is -2.44. The maximum Gasteiger partial charge on any atom is 0.306 e. The van der Waals surface area contributed by atoms with Crippen LogP contribution < -0.4 is 5.11 Å². The lowest BCUT2D eigenvalue weighted by molar-refractivity contribution is -0.870. The van der Waals surface area contributed by atoms with Gasteiger partial charge in [-0.25, -0.2) is 0 Å². The zero-order chi connectivity index (χ0) is 56.9. The number of aliphatic carboxylic acids is 1. The molecule has 78 heavy (non-hydrogen) atoms. The smallest absolute Gasteiger partial charge is 0.306 e. The van der Waals surface area contributed by atoms with Gasteiger partial charge in [-0.3, -0.25) is 9.59 Å². The number of esters is 2. The van der Waals surface area contributed by atoms with Gasteiger partial charge in [0, 0.05) is 12.8 Å². The van der Waals surface area contributed by atoms with E-state index in [0.717, 1.165) is 77.0 Å². The minimum atomic E-state index is -1.62. The maximum atomic E-state index is 12.9. The maximum absolute atomic E-state index is 12.9. The molecule has 0 aliphatic rings. The van der Waals surface area contributed by atoms with Gasteiger partial charge in [0.15, 0.2) is 12.4 Å². The molecule has 0 bridgehead atoms. The summed E-state index contributed by atoms with van der Waals surface area (Å²) in [5.74, 6) is -2.28. The topological polar surface area (TPSA) is 111 Å². The average molecular weight is 1100 g/mol. The average Bonchev–Trinajstić information content (AvgIpc) is 3.41. The number of ether oxygens (including phenoxy) is 4. The van der Waals surface area contributed by atoms with E-state index in [0.29, 0.717) is 17.4 Å². The molecular formula is C69H125NO8. The van der Waals surface area contributed by atoms with Gasteiger partial charge in [-0.05, 0) is 77.0 Å². The number of carbonyl (C=O) groups excluding carboxylic acids is 3. The Labute approximate surface area is 482 Å². The molecular weight excluding hydrogens is 971 g/mol. The van der Waals surface area contributed by atoms with Gasteiger partial charge in [-0.2, -0.15) is 0 Å². The summed E-state index contributed by atoms with van der Waals surface area (Å²) in [4.78, 5) is 37.3. The highest BCUT2D eigenvalue weighted by Gasteiger charge is 2.22. The van der Waals surface area contributed by atoms with Crippen LogP contribution in [0.3, 0.4) is 0 Å². The van der Waals surface area contributed by atoms with Crippen LogP contribution in [-0.2, 0) is 33.3 Å². The van der Waals surface area contributed by atoms with E-state index in [-0.39, 0.29) is 38.6 Å². The van der Waals surface area contributed by atoms with Crippen molar-refractivity contribution in [2.75, 3.05) is 47.5 Å². The van der Waals surface area contributed by atoms with Crippen molar-refractivity contribution in [1.29, 1.82) is 0 Å². The first kappa shape index (κ1) is 75.0. The Balaban J connectivity index is 4.00. The summed E-state index contributed by atoms with van der Waals surface area (Å²) >= 11 is 0. The molecule has 0 aliphatic carbocycles. The second-order valence-electron chi connectivity index (χ2n) is 23.4. The van der Waals surface area contributed by atoms with Crippen LogP contribution in [-0.4, -0.2) is 82.3 Å². The predicted octanol–water partition coefficient (Wildman–Crippen LogP) is 18.6. The number of hydrogen-bond acceptors (Lipinski definition) is 8. The van der Waals surface area contributed by atoms with E-state index in [2.05, 4.69) is 74.6 Å². The molecule has 0 aromatic heterocycles. The Morgan fingerprint density at radius 2 is 0.731 bits per heavy atom. The van der Waals surface area contributed by atoms with Gasteiger partial charge >= 0.3 is 11.9 Å². The first-order chi connectivity index (χ1) is 38.1. The number of carbonyl (C=O) groups is 3. The van der Waals surface area contributed by atoms with Crippen molar-refractivity contribution >= 4 is 17.9 Å². The molecule has 9 nitrogen and oxygen atoms in total. The van der Waals surface area contributed by atoms with Crippen LogP contribution in [0.15, 0.2) is 60.8 Å². The Kier molecular flexibility index (Phi) is 57.8. The molecule has 0 aromatic rings. The first-order valence-electron chi connectivity index (χ1n) is 32.9. The molecule has 0 aromatic carbocycles. The standard InChI is InChI=1S/C69H125NO8/c1-6-8-10-12-14-16-18-20-22-24-25-26-27-28-29-30-31-32-33-34-35-36-37-38-39-40-41-42-43-44-46-48-50-52-54-56-58-60-67(72)78-65(64-77-69(68(73)74)75-62-61-70(3,4)5)63-76-66(71)59-57-55-53-51-49-47-45-23-21-19-17-15-13-11-9-7-2/h8,10,14,16,20,22-23,25-26,45,65,69H,6-7,9,11-13,15,17-19,21,24,27-44,46-64H2,1-5H3/b10-8-,16-14-,22-20-,26-25-,45-23-. The Morgan fingerprint density at radius 1 is 0.397 bits per heavy atom. The highest BCUT2D eigenvalue weighted by atomic mass is 16.7. The molecule has 0 rings (SSSR count). The van der Waals surface area contributed by atoms with Crippen LogP contribution in [0.25, 0.3) is 0 Å². The number of unbranched alkanes of at least 4 members (excludes halogenated alkanes) is 36. The molecule has 0 aliphatic heterocycles. The summed E-state index contributed by atoms with van der Waals surface area (Å²) in [5.41, 5.74) is 0. The van der Waals surface area contributed by atoms with Crippen molar-refractivity contribution in [3.63, 3.8) is 0 Å². The van der Waals surface area contributed by atoms with Gasteiger partial charge in [-0.15, -0.1) is 0 Å². The first-order valence-corrected chi connectivity index (χ1v) is 32.9. The molecule has 0 amide bonds. The minimum absolute atomic E-state index is 0.148. The number of likely N-dealkylation sites (N-methyl/N-ethyl adjacent to an activating group) is 1. The Hall–Kier alpha value is -3.01. The highest BCUT2D eigenvalue weighted by molar-refractivity contribution is 5.70.